The second-order valence-corrected chi connectivity index (χ2v) is 4.91. The molecule has 1 saturated heterocycles. The molecule has 1 fully saturated rings. The van der Waals surface area contributed by atoms with Crippen molar-refractivity contribution in [2.75, 3.05) is 19.6 Å². The second-order valence-electron chi connectivity index (χ2n) is 4.91. The third kappa shape index (κ3) is 3.53. The predicted octanol–water partition coefficient (Wildman–Crippen LogP) is 2.16. The number of halogens is 1. The number of carbonyl (C=O) groups is 1. The molecule has 0 spiro atoms. The fourth-order valence-corrected chi connectivity index (χ4v) is 2.51. The molecule has 0 aromatic heterocycles. The van der Waals surface area contributed by atoms with Gasteiger partial charge >= 0.3 is 5.97 Å². The molecule has 1 aliphatic heterocycles. The van der Waals surface area contributed by atoms with E-state index in [4.69, 9.17) is 5.11 Å². The molecule has 0 radical (unpaired) electrons. The van der Waals surface area contributed by atoms with Gasteiger partial charge in [0.2, 0.25) is 0 Å². The SMILES string of the molecule is O=C(O)CN1CCC(Cc2ccccc2F)CC1. The van der Waals surface area contributed by atoms with Crippen molar-refractivity contribution >= 4 is 5.97 Å². The number of rotatable bonds is 4. The Balaban J connectivity index is 1.84. The minimum absolute atomic E-state index is 0.117. The first-order valence-electron chi connectivity index (χ1n) is 6.32. The molecule has 0 atom stereocenters. The molecule has 2 rings (SSSR count). The highest BCUT2D eigenvalue weighted by atomic mass is 19.1. The number of hydrogen-bond acceptors (Lipinski definition) is 2. The first-order valence-corrected chi connectivity index (χ1v) is 6.32. The summed E-state index contributed by atoms with van der Waals surface area (Å²) >= 11 is 0. The van der Waals surface area contributed by atoms with E-state index >= 15 is 0 Å². The fourth-order valence-electron chi connectivity index (χ4n) is 2.51. The van der Waals surface area contributed by atoms with Crippen molar-refractivity contribution in [3.8, 4) is 0 Å². The Morgan fingerprint density at radius 1 is 1.33 bits per heavy atom. The van der Waals surface area contributed by atoms with Crippen LogP contribution in [0.3, 0.4) is 0 Å². The van der Waals surface area contributed by atoms with Crippen molar-refractivity contribution in [1.82, 2.24) is 4.90 Å². The van der Waals surface area contributed by atoms with Crippen LogP contribution in [0.5, 0.6) is 0 Å². The van der Waals surface area contributed by atoms with Gasteiger partial charge < -0.3 is 5.11 Å². The molecular formula is C14H18FNO2. The Bertz CT molecular complexity index is 414. The van der Waals surface area contributed by atoms with Crippen LogP contribution >= 0.6 is 0 Å². The Morgan fingerprint density at radius 2 is 2.00 bits per heavy atom. The maximum Gasteiger partial charge on any atom is 0.317 e. The number of carboxylic acid groups (broad SMARTS) is 1. The molecule has 0 aliphatic carbocycles. The maximum atomic E-state index is 13.5. The number of benzene rings is 1. The van der Waals surface area contributed by atoms with Gasteiger partial charge in [-0.1, -0.05) is 18.2 Å². The molecule has 18 heavy (non-hydrogen) atoms. The normalized spacial score (nSPS) is 17.8. The Morgan fingerprint density at radius 3 is 2.61 bits per heavy atom. The summed E-state index contributed by atoms with van der Waals surface area (Å²) in [5, 5.41) is 8.71. The maximum absolute atomic E-state index is 13.5. The molecule has 1 aromatic rings. The molecule has 1 N–H and O–H groups in total. The average Bonchev–Trinajstić information content (AvgIpc) is 2.34. The van der Waals surface area contributed by atoms with E-state index in [0.29, 0.717) is 5.92 Å². The highest BCUT2D eigenvalue weighted by Gasteiger charge is 2.21. The van der Waals surface area contributed by atoms with Gasteiger partial charge in [0.15, 0.2) is 0 Å². The molecule has 0 amide bonds. The van der Waals surface area contributed by atoms with E-state index in [9.17, 15) is 9.18 Å². The van der Waals surface area contributed by atoms with Gasteiger partial charge in [0, 0.05) is 0 Å². The van der Waals surface area contributed by atoms with Crippen molar-refractivity contribution in [3.63, 3.8) is 0 Å². The molecule has 1 heterocycles. The molecule has 3 nitrogen and oxygen atoms in total. The zero-order valence-electron chi connectivity index (χ0n) is 10.3. The van der Waals surface area contributed by atoms with Crippen molar-refractivity contribution < 1.29 is 14.3 Å². The van der Waals surface area contributed by atoms with Crippen LogP contribution in [-0.4, -0.2) is 35.6 Å². The van der Waals surface area contributed by atoms with Crippen molar-refractivity contribution in [1.29, 1.82) is 0 Å². The summed E-state index contributed by atoms with van der Waals surface area (Å²) in [4.78, 5) is 12.5. The van der Waals surface area contributed by atoms with E-state index in [1.165, 1.54) is 6.07 Å². The number of carboxylic acids is 1. The van der Waals surface area contributed by atoms with Gasteiger partial charge in [-0.2, -0.15) is 0 Å². The number of likely N-dealkylation sites (tertiary alicyclic amines) is 1. The van der Waals surface area contributed by atoms with E-state index in [1.807, 2.05) is 17.0 Å². The summed E-state index contributed by atoms with van der Waals surface area (Å²) in [5.41, 5.74) is 0.772. The van der Waals surface area contributed by atoms with E-state index in [-0.39, 0.29) is 12.4 Å². The first kappa shape index (κ1) is 13.0. The van der Waals surface area contributed by atoms with E-state index in [2.05, 4.69) is 0 Å². The van der Waals surface area contributed by atoms with Gasteiger partial charge in [0.05, 0.1) is 6.54 Å². The zero-order valence-corrected chi connectivity index (χ0v) is 10.3. The molecule has 1 aliphatic rings. The highest BCUT2D eigenvalue weighted by Crippen LogP contribution is 2.22. The summed E-state index contributed by atoms with van der Waals surface area (Å²) in [6.45, 7) is 1.71. The lowest BCUT2D eigenvalue weighted by atomic mass is 9.90. The Labute approximate surface area is 106 Å². The highest BCUT2D eigenvalue weighted by molar-refractivity contribution is 5.69. The standard InChI is InChI=1S/C14H18FNO2/c15-13-4-2-1-3-12(13)9-11-5-7-16(8-6-11)10-14(17)18/h1-4,11H,5-10H2,(H,17,18). The first-order chi connectivity index (χ1) is 8.65. The van der Waals surface area contributed by atoms with Crippen LogP contribution in [0.1, 0.15) is 18.4 Å². The number of piperidine rings is 1. The van der Waals surface area contributed by atoms with E-state index < -0.39 is 5.97 Å². The second kappa shape index (κ2) is 5.96. The number of hydrogen-bond donors (Lipinski definition) is 1. The fraction of sp³-hybridized carbons (Fsp3) is 0.500. The average molecular weight is 251 g/mol. The van der Waals surface area contributed by atoms with Crippen LogP contribution in [0.25, 0.3) is 0 Å². The quantitative estimate of drug-likeness (QED) is 0.891. The summed E-state index contributed by atoms with van der Waals surface area (Å²) in [6.07, 6.45) is 2.65. The zero-order chi connectivity index (χ0) is 13.0. The van der Waals surface area contributed by atoms with E-state index in [1.54, 1.807) is 6.07 Å². The lowest BCUT2D eigenvalue weighted by Crippen LogP contribution is -2.37. The van der Waals surface area contributed by atoms with Gasteiger partial charge in [-0.05, 0) is 49.9 Å². The predicted molar refractivity (Wildman–Crippen MR) is 66.9 cm³/mol. The van der Waals surface area contributed by atoms with Gasteiger partial charge in [-0.15, -0.1) is 0 Å². The van der Waals surface area contributed by atoms with Crippen molar-refractivity contribution in [2.24, 2.45) is 5.92 Å². The van der Waals surface area contributed by atoms with Crippen LogP contribution in [0.15, 0.2) is 24.3 Å². The molecule has 4 heteroatoms. The lowest BCUT2D eigenvalue weighted by Gasteiger charge is -2.30. The smallest absolute Gasteiger partial charge is 0.317 e. The van der Waals surface area contributed by atoms with Gasteiger partial charge in [-0.25, -0.2) is 4.39 Å². The Hall–Kier alpha value is -1.42. The van der Waals surface area contributed by atoms with Gasteiger partial charge in [0.1, 0.15) is 5.82 Å². The van der Waals surface area contributed by atoms with Gasteiger partial charge in [-0.3, -0.25) is 9.69 Å². The van der Waals surface area contributed by atoms with Crippen LogP contribution in [0.4, 0.5) is 4.39 Å². The molecular weight excluding hydrogens is 233 g/mol. The largest absolute Gasteiger partial charge is 0.480 e. The molecule has 1 aromatic carbocycles. The van der Waals surface area contributed by atoms with Crippen LogP contribution < -0.4 is 0 Å². The number of aliphatic carboxylic acids is 1. The minimum Gasteiger partial charge on any atom is -0.480 e. The Kier molecular flexibility index (Phi) is 4.31. The van der Waals surface area contributed by atoms with Crippen LogP contribution in [0.2, 0.25) is 0 Å². The third-order valence-corrected chi connectivity index (χ3v) is 3.53. The molecule has 0 saturated carbocycles. The third-order valence-electron chi connectivity index (χ3n) is 3.53. The van der Waals surface area contributed by atoms with Crippen molar-refractivity contribution in [3.05, 3.63) is 35.6 Å². The van der Waals surface area contributed by atoms with Crippen LogP contribution in [0, 0.1) is 11.7 Å². The van der Waals surface area contributed by atoms with E-state index in [0.717, 1.165) is 37.9 Å². The minimum atomic E-state index is -0.775. The van der Waals surface area contributed by atoms with Crippen LogP contribution in [-0.2, 0) is 11.2 Å². The number of nitrogens with zero attached hydrogens (tertiary/aromatic N) is 1. The summed E-state index contributed by atoms with van der Waals surface area (Å²) in [5.74, 6) is -0.444. The summed E-state index contributed by atoms with van der Waals surface area (Å²) in [6, 6.07) is 6.89. The summed E-state index contributed by atoms with van der Waals surface area (Å²) < 4.78 is 13.5. The molecule has 0 bridgehead atoms. The summed E-state index contributed by atoms with van der Waals surface area (Å²) in [7, 11) is 0. The van der Waals surface area contributed by atoms with Crippen molar-refractivity contribution in [2.45, 2.75) is 19.3 Å². The molecule has 0 unspecified atom stereocenters. The molecule has 98 valence electrons. The van der Waals surface area contributed by atoms with Gasteiger partial charge in [0.25, 0.3) is 0 Å². The topological polar surface area (TPSA) is 40.5 Å². The monoisotopic (exact) mass is 251 g/mol. The lowest BCUT2D eigenvalue weighted by molar-refractivity contribution is -0.138.